The number of rotatable bonds is 6. The zero-order chi connectivity index (χ0) is 23.3. The van der Waals surface area contributed by atoms with E-state index in [-0.39, 0.29) is 31.1 Å². The Kier molecular flexibility index (Phi) is 8.10. The smallest absolute Gasteiger partial charge is 0.415 e. The molecule has 0 bridgehead atoms. The fraction of sp³-hybridized carbons (Fsp3) is 0.185. The van der Waals surface area contributed by atoms with Crippen LogP contribution in [0.3, 0.4) is 0 Å². The van der Waals surface area contributed by atoms with Crippen LogP contribution in [0, 0.1) is 0 Å². The first-order valence-electron chi connectivity index (χ1n) is 11.2. The quantitative estimate of drug-likeness (QED) is 0.301. The number of H-pyrrole nitrogens is 1. The average Bonchev–Trinajstić information content (AvgIpc) is 3.37. The molecule has 0 radical (unpaired) electrons. The van der Waals surface area contributed by atoms with E-state index in [2.05, 4.69) is 42.9 Å². The Morgan fingerprint density at radius 1 is 1.00 bits per heavy atom. The van der Waals surface area contributed by atoms with Crippen molar-refractivity contribution in [2.75, 3.05) is 16.3 Å². The van der Waals surface area contributed by atoms with E-state index in [1.165, 1.54) is 5.56 Å². The van der Waals surface area contributed by atoms with Gasteiger partial charge in [-0.1, -0.05) is 76.6 Å². The summed E-state index contributed by atoms with van der Waals surface area (Å²) in [6, 6.07) is 26.0. The van der Waals surface area contributed by atoms with Crippen LogP contribution in [0.15, 0.2) is 95.9 Å². The number of hydrogen-bond acceptors (Lipinski definition) is 4. The highest BCUT2D eigenvalue weighted by Gasteiger charge is 2.36. The van der Waals surface area contributed by atoms with E-state index in [4.69, 9.17) is 4.74 Å². The number of carbonyl (C=O) groups excluding carboxylic acids is 1. The predicted octanol–water partition coefficient (Wildman–Crippen LogP) is 6.37. The normalized spacial score (nSPS) is 14.7. The molecule has 1 aromatic heterocycles. The molecule has 1 aliphatic rings. The summed E-state index contributed by atoms with van der Waals surface area (Å²) in [5.74, 6) is 0. The fourth-order valence-corrected chi connectivity index (χ4v) is 4.74. The second-order valence-corrected chi connectivity index (χ2v) is 9.26. The van der Waals surface area contributed by atoms with Gasteiger partial charge in [-0.3, -0.25) is 4.90 Å². The molecule has 0 spiro atoms. The highest BCUT2D eigenvalue weighted by Crippen LogP contribution is 2.39. The molecule has 1 atom stereocenters. The number of halogens is 2. The molecule has 2 heterocycles. The summed E-state index contributed by atoms with van der Waals surface area (Å²) in [6.07, 6.45) is 3.90. The number of nitrogens with one attached hydrogen (secondary N) is 1. The number of benzene rings is 3. The molecule has 8 heteroatoms. The van der Waals surface area contributed by atoms with Crippen LogP contribution in [0.25, 0.3) is 0 Å². The van der Waals surface area contributed by atoms with E-state index in [1.54, 1.807) is 6.33 Å². The van der Waals surface area contributed by atoms with Crippen molar-refractivity contribution in [3.8, 4) is 0 Å². The molecular weight excluding hydrogens is 528 g/mol. The molecule has 1 unspecified atom stereocenters. The van der Waals surface area contributed by atoms with E-state index in [0.29, 0.717) is 19.5 Å². The van der Waals surface area contributed by atoms with Crippen molar-refractivity contribution in [3.05, 3.63) is 113 Å². The third kappa shape index (κ3) is 5.86. The molecule has 0 fully saturated rings. The van der Waals surface area contributed by atoms with Gasteiger partial charge >= 0.3 is 6.09 Å². The Balaban J connectivity index is 0.00000289. The number of nitrogens with zero attached hydrogens (tertiary/aromatic N) is 3. The first-order valence-corrected chi connectivity index (χ1v) is 12.0. The number of ether oxygens (including phenoxy) is 1. The van der Waals surface area contributed by atoms with Crippen molar-refractivity contribution in [1.29, 1.82) is 0 Å². The summed E-state index contributed by atoms with van der Waals surface area (Å²) < 4.78 is 6.72. The third-order valence-electron chi connectivity index (χ3n) is 5.97. The van der Waals surface area contributed by atoms with E-state index < -0.39 is 0 Å². The van der Waals surface area contributed by atoms with Gasteiger partial charge in [-0.2, -0.15) is 0 Å². The molecule has 1 aliphatic heterocycles. The molecule has 0 saturated heterocycles. The second-order valence-electron chi connectivity index (χ2n) is 8.34. The maximum atomic E-state index is 13.5. The minimum Gasteiger partial charge on any atom is -0.444 e. The highest BCUT2D eigenvalue weighted by atomic mass is 79.9. The molecular formula is C27H26BrClN4O2. The Morgan fingerprint density at radius 2 is 1.71 bits per heavy atom. The number of carbonyl (C=O) groups is 1. The summed E-state index contributed by atoms with van der Waals surface area (Å²) >= 11 is 3.60. The number of amides is 1. The maximum absolute atomic E-state index is 13.5. The summed E-state index contributed by atoms with van der Waals surface area (Å²) in [4.78, 5) is 25.0. The van der Waals surface area contributed by atoms with E-state index in [0.717, 1.165) is 27.1 Å². The minimum atomic E-state index is -0.342. The molecule has 0 aliphatic carbocycles. The number of anilines is 2. The number of aromatic amines is 1. The standard InChI is InChI=1S/C27H25BrN4O2.ClH/c28-22-11-12-25-26(14-22)32(27(33)34-18-21-9-5-2-6-10-21)24(13-20-7-3-1-4-8-20)17-31(25)16-23-15-29-19-30-23;/h1-12,14-15,19,24H,13,16-18H2,(H,29,30);1H. The van der Waals surface area contributed by atoms with Crippen LogP contribution in [0.2, 0.25) is 0 Å². The first-order chi connectivity index (χ1) is 16.7. The number of aromatic nitrogens is 2. The average molecular weight is 554 g/mol. The number of hydrogen-bond donors (Lipinski definition) is 1. The van der Waals surface area contributed by atoms with Gasteiger partial charge < -0.3 is 14.6 Å². The van der Waals surface area contributed by atoms with Crippen molar-refractivity contribution in [2.45, 2.75) is 25.6 Å². The molecule has 1 amide bonds. The van der Waals surface area contributed by atoms with Crippen molar-refractivity contribution in [2.24, 2.45) is 0 Å². The van der Waals surface area contributed by atoms with Crippen LogP contribution in [-0.4, -0.2) is 28.6 Å². The summed E-state index contributed by atoms with van der Waals surface area (Å²) in [5.41, 5.74) is 4.97. The summed E-state index contributed by atoms with van der Waals surface area (Å²) in [7, 11) is 0. The summed E-state index contributed by atoms with van der Waals surface area (Å²) in [6.45, 7) is 1.57. The second kappa shape index (κ2) is 11.4. The molecule has 0 saturated carbocycles. The summed E-state index contributed by atoms with van der Waals surface area (Å²) in [5, 5.41) is 0. The molecule has 6 nitrogen and oxygen atoms in total. The van der Waals surface area contributed by atoms with Gasteiger partial charge in [0.25, 0.3) is 0 Å². The predicted molar refractivity (Wildman–Crippen MR) is 144 cm³/mol. The molecule has 1 N–H and O–H groups in total. The van der Waals surface area contributed by atoms with Crippen LogP contribution >= 0.6 is 28.3 Å². The Morgan fingerprint density at radius 3 is 2.40 bits per heavy atom. The van der Waals surface area contributed by atoms with E-state index in [9.17, 15) is 4.79 Å². The van der Waals surface area contributed by atoms with Crippen molar-refractivity contribution >= 4 is 45.8 Å². The van der Waals surface area contributed by atoms with Crippen LogP contribution in [0.5, 0.6) is 0 Å². The van der Waals surface area contributed by atoms with Gasteiger partial charge in [0.1, 0.15) is 6.61 Å². The molecule has 180 valence electrons. The molecule has 3 aromatic carbocycles. The lowest BCUT2D eigenvalue weighted by Crippen LogP contribution is -2.52. The van der Waals surface area contributed by atoms with Gasteiger partial charge in [0, 0.05) is 17.2 Å². The van der Waals surface area contributed by atoms with Crippen LogP contribution in [0.1, 0.15) is 16.8 Å². The van der Waals surface area contributed by atoms with E-state index >= 15 is 0 Å². The van der Waals surface area contributed by atoms with Crippen molar-refractivity contribution in [1.82, 2.24) is 9.97 Å². The van der Waals surface area contributed by atoms with Gasteiger partial charge in [-0.15, -0.1) is 12.4 Å². The lowest BCUT2D eigenvalue weighted by Gasteiger charge is -2.43. The maximum Gasteiger partial charge on any atom is 0.415 e. The first kappa shape index (κ1) is 24.8. The zero-order valence-corrected chi connectivity index (χ0v) is 21.4. The van der Waals surface area contributed by atoms with Gasteiger partial charge in [0.15, 0.2) is 0 Å². The van der Waals surface area contributed by atoms with Gasteiger partial charge in [-0.05, 0) is 35.7 Å². The van der Waals surface area contributed by atoms with Crippen molar-refractivity contribution < 1.29 is 9.53 Å². The van der Waals surface area contributed by atoms with Crippen LogP contribution in [-0.2, 0) is 24.3 Å². The lowest BCUT2D eigenvalue weighted by molar-refractivity contribution is 0.144. The topological polar surface area (TPSA) is 61.5 Å². The Labute approximate surface area is 219 Å². The monoisotopic (exact) mass is 552 g/mol. The fourth-order valence-electron chi connectivity index (χ4n) is 4.39. The van der Waals surface area contributed by atoms with Crippen LogP contribution < -0.4 is 9.80 Å². The lowest BCUT2D eigenvalue weighted by atomic mass is 10.00. The Bertz CT molecular complexity index is 1240. The SMILES string of the molecule is Cl.O=C(OCc1ccccc1)N1c2cc(Br)ccc2N(Cc2cnc[nH]2)CC1Cc1ccccc1. The van der Waals surface area contributed by atoms with Gasteiger partial charge in [-0.25, -0.2) is 9.78 Å². The highest BCUT2D eigenvalue weighted by molar-refractivity contribution is 9.10. The van der Waals surface area contributed by atoms with Crippen molar-refractivity contribution in [3.63, 3.8) is 0 Å². The molecule has 5 rings (SSSR count). The number of imidazole rings is 1. The van der Waals surface area contributed by atoms with E-state index in [1.807, 2.05) is 77.8 Å². The van der Waals surface area contributed by atoms with Crippen LogP contribution in [0.4, 0.5) is 16.2 Å². The Hall–Kier alpha value is -3.29. The zero-order valence-electron chi connectivity index (χ0n) is 19.0. The van der Waals surface area contributed by atoms with Gasteiger partial charge in [0.05, 0.1) is 36.0 Å². The molecule has 4 aromatic rings. The van der Waals surface area contributed by atoms with Gasteiger partial charge in [0.2, 0.25) is 0 Å². The third-order valence-corrected chi connectivity index (χ3v) is 6.46. The minimum absolute atomic E-state index is 0. The molecule has 35 heavy (non-hydrogen) atoms. The number of fused-ring (bicyclic) bond motifs is 1. The largest absolute Gasteiger partial charge is 0.444 e.